The van der Waals surface area contributed by atoms with E-state index in [9.17, 15) is 14.9 Å². The van der Waals surface area contributed by atoms with Crippen LogP contribution in [0.1, 0.15) is 75.8 Å². The number of alkyl carbamates (subject to hydrolysis) is 1. The van der Waals surface area contributed by atoms with E-state index in [1.165, 1.54) is 4.88 Å². The predicted molar refractivity (Wildman–Crippen MR) is 122 cm³/mol. The van der Waals surface area contributed by atoms with Crippen LogP contribution in [0.25, 0.3) is 0 Å². The Bertz CT molecular complexity index is 852. The van der Waals surface area contributed by atoms with Gasteiger partial charge in [0.2, 0.25) is 5.91 Å². The zero-order valence-electron chi connectivity index (χ0n) is 19.0. The lowest BCUT2D eigenvalue weighted by molar-refractivity contribution is -0.116. The molecule has 2 unspecified atom stereocenters. The lowest BCUT2D eigenvalue weighted by atomic mass is 9.96. The molecule has 2 amide bonds. The molecule has 0 saturated carbocycles. The topological polar surface area (TPSA) is 94.5 Å². The third-order valence-electron chi connectivity index (χ3n) is 5.90. The van der Waals surface area contributed by atoms with Crippen molar-refractivity contribution in [3.05, 3.63) is 16.0 Å². The highest BCUT2D eigenvalue weighted by molar-refractivity contribution is 7.16. The Morgan fingerprint density at radius 1 is 1.29 bits per heavy atom. The first-order chi connectivity index (χ1) is 14.7. The standard InChI is InChI=1S/C23H34N4O3S/c1-15(25-22(29)30-23(2,3)4)18-9-5-6-12-27(18)13-11-20(28)26-21-17(14-24)16-8-7-10-19(16)31-21/h15,18H,5-13H2,1-4H3,(H,25,29)(H,26,28). The molecule has 1 fully saturated rings. The van der Waals surface area contributed by atoms with Crippen molar-refractivity contribution in [3.8, 4) is 6.07 Å². The van der Waals surface area contributed by atoms with E-state index in [0.717, 1.165) is 50.6 Å². The summed E-state index contributed by atoms with van der Waals surface area (Å²) in [5.74, 6) is -0.0616. The summed E-state index contributed by atoms with van der Waals surface area (Å²) in [6.45, 7) is 9.09. The maximum Gasteiger partial charge on any atom is 0.407 e. The highest BCUT2D eigenvalue weighted by Gasteiger charge is 2.30. The number of amides is 2. The van der Waals surface area contributed by atoms with Gasteiger partial charge >= 0.3 is 6.09 Å². The Morgan fingerprint density at radius 3 is 2.77 bits per heavy atom. The maximum atomic E-state index is 12.6. The molecule has 170 valence electrons. The van der Waals surface area contributed by atoms with Crippen LogP contribution in [0, 0.1) is 11.3 Å². The van der Waals surface area contributed by atoms with Gasteiger partial charge in [-0.1, -0.05) is 6.42 Å². The van der Waals surface area contributed by atoms with Gasteiger partial charge in [0.1, 0.15) is 16.7 Å². The molecule has 0 bridgehead atoms. The number of nitriles is 1. The van der Waals surface area contributed by atoms with Crippen LogP contribution in [0.3, 0.4) is 0 Å². The molecule has 1 aromatic heterocycles. The molecule has 0 spiro atoms. The normalized spacial score (nSPS) is 19.9. The van der Waals surface area contributed by atoms with Gasteiger partial charge in [0.15, 0.2) is 0 Å². The fraction of sp³-hybridized carbons (Fsp3) is 0.696. The Balaban J connectivity index is 1.54. The SMILES string of the molecule is CC(NC(=O)OC(C)(C)C)C1CCCCN1CCC(=O)Nc1sc2c(c1C#N)CCC2. The third kappa shape index (κ3) is 6.20. The summed E-state index contributed by atoms with van der Waals surface area (Å²) >= 11 is 1.55. The van der Waals surface area contributed by atoms with Crippen molar-refractivity contribution in [1.82, 2.24) is 10.2 Å². The Kier molecular flexibility index (Phi) is 7.60. The second kappa shape index (κ2) is 10.0. The number of nitrogens with one attached hydrogen (secondary N) is 2. The number of piperidine rings is 1. The Hall–Kier alpha value is -2.11. The molecular weight excluding hydrogens is 412 g/mol. The summed E-state index contributed by atoms with van der Waals surface area (Å²) in [5, 5.41) is 16.1. The summed E-state index contributed by atoms with van der Waals surface area (Å²) < 4.78 is 5.39. The van der Waals surface area contributed by atoms with Gasteiger partial charge in [0, 0.05) is 29.9 Å². The molecule has 31 heavy (non-hydrogen) atoms. The molecule has 2 heterocycles. The van der Waals surface area contributed by atoms with E-state index < -0.39 is 11.7 Å². The van der Waals surface area contributed by atoms with E-state index in [1.54, 1.807) is 11.3 Å². The number of carbonyl (C=O) groups excluding carboxylic acids is 2. The van der Waals surface area contributed by atoms with E-state index in [-0.39, 0.29) is 18.0 Å². The molecule has 1 aromatic rings. The molecular formula is C23H34N4O3S. The van der Waals surface area contributed by atoms with Crippen LogP contribution in [-0.4, -0.2) is 47.7 Å². The predicted octanol–water partition coefficient (Wildman–Crippen LogP) is 4.20. The highest BCUT2D eigenvalue weighted by atomic mass is 32.1. The number of aryl methyl sites for hydroxylation is 1. The molecule has 2 N–H and O–H groups in total. The van der Waals surface area contributed by atoms with Crippen LogP contribution in [0.4, 0.5) is 9.80 Å². The van der Waals surface area contributed by atoms with Crippen molar-refractivity contribution in [1.29, 1.82) is 5.26 Å². The first-order valence-electron chi connectivity index (χ1n) is 11.3. The highest BCUT2D eigenvalue weighted by Crippen LogP contribution is 2.38. The number of likely N-dealkylation sites (tertiary alicyclic amines) is 1. The number of thiophene rings is 1. The third-order valence-corrected chi connectivity index (χ3v) is 7.11. The second-order valence-electron chi connectivity index (χ2n) is 9.51. The van der Waals surface area contributed by atoms with Gasteiger partial charge in [-0.05, 0) is 71.9 Å². The first kappa shape index (κ1) is 23.6. The lowest BCUT2D eigenvalue weighted by Crippen LogP contribution is -2.53. The molecule has 1 saturated heterocycles. The maximum absolute atomic E-state index is 12.6. The molecule has 1 aliphatic carbocycles. The van der Waals surface area contributed by atoms with Crippen molar-refractivity contribution >= 4 is 28.3 Å². The average molecular weight is 447 g/mol. The van der Waals surface area contributed by atoms with Gasteiger partial charge in [-0.15, -0.1) is 11.3 Å². The van der Waals surface area contributed by atoms with E-state index in [2.05, 4.69) is 21.6 Å². The number of carbonyl (C=O) groups is 2. The summed E-state index contributed by atoms with van der Waals surface area (Å²) in [5.41, 5.74) is 1.25. The Morgan fingerprint density at radius 2 is 2.06 bits per heavy atom. The summed E-state index contributed by atoms with van der Waals surface area (Å²) in [6.07, 6.45) is 6.17. The molecule has 3 rings (SSSR count). The van der Waals surface area contributed by atoms with Gasteiger partial charge in [0.05, 0.1) is 5.56 Å². The summed E-state index contributed by atoms with van der Waals surface area (Å²) in [7, 11) is 0. The number of ether oxygens (including phenoxy) is 1. The van der Waals surface area contributed by atoms with Crippen molar-refractivity contribution < 1.29 is 14.3 Å². The fourth-order valence-electron chi connectivity index (χ4n) is 4.50. The number of fused-ring (bicyclic) bond motifs is 1. The fourth-order valence-corrected chi connectivity index (χ4v) is 5.75. The average Bonchev–Trinajstić information content (AvgIpc) is 3.25. The van der Waals surface area contributed by atoms with Crippen LogP contribution in [0.5, 0.6) is 0 Å². The van der Waals surface area contributed by atoms with Crippen molar-refractivity contribution in [2.75, 3.05) is 18.4 Å². The quantitative estimate of drug-likeness (QED) is 0.683. The van der Waals surface area contributed by atoms with E-state index >= 15 is 0 Å². The van der Waals surface area contributed by atoms with Gasteiger partial charge in [-0.3, -0.25) is 9.69 Å². The van der Waals surface area contributed by atoms with Crippen LogP contribution in [0.15, 0.2) is 0 Å². The zero-order chi connectivity index (χ0) is 22.6. The van der Waals surface area contributed by atoms with Gasteiger partial charge in [-0.25, -0.2) is 4.79 Å². The molecule has 0 radical (unpaired) electrons. The van der Waals surface area contributed by atoms with E-state index in [1.807, 2.05) is 27.7 Å². The second-order valence-corrected chi connectivity index (χ2v) is 10.6. The molecule has 2 aliphatic rings. The zero-order valence-corrected chi connectivity index (χ0v) is 19.9. The minimum Gasteiger partial charge on any atom is -0.444 e. The molecule has 8 heteroatoms. The van der Waals surface area contributed by atoms with Crippen molar-refractivity contribution in [3.63, 3.8) is 0 Å². The number of anilines is 1. The molecule has 1 aliphatic heterocycles. The van der Waals surface area contributed by atoms with Gasteiger partial charge < -0.3 is 15.4 Å². The Labute approximate surface area is 189 Å². The van der Waals surface area contributed by atoms with Crippen LogP contribution < -0.4 is 10.6 Å². The monoisotopic (exact) mass is 446 g/mol. The first-order valence-corrected chi connectivity index (χ1v) is 12.1. The summed E-state index contributed by atoms with van der Waals surface area (Å²) in [4.78, 5) is 28.3. The van der Waals surface area contributed by atoms with Crippen LogP contribution >= 0.6 is 11.3 Å². The van der Waals surface area contributed by atoms with Gasteiger partial charge in [0.25, 0.3) is 0 Å². The number of hydrogen-bond acceptors (Lipinski definition) is 6. The minimum atomic E-state index is -0.529. The smallest absolute Gasteiger partial charge is 0.407 e. The van der Waals surface area contributed by atoms with E-state index in [0.29, 0.717) is 23.5 Å². The number of hydrogen-bond donors (Lipinski definition) is 2. The molecule has 7 nitrogen and oxygen atoms in total. The van der Waals surface area contributed by atoms with Crippen molar-refractivity contribution in [2.24, 2.45) is 0 Å². The largest absolute Gasteiger partial charge is 0.444 e. The molecule has 0 aromatic carbocycles. The van der Waals surface area contributed by atoms with Crippen molar-refractivity contribution in [2.45, 2.75) is 90.3 Å². The van der Waals surface area contributed by atoms with E-state index in [4.69, 9.17) is 4.74 Å². The van der Waals surface area contributed by atoms with Crippen LogP contribution in [0.2, 0.25) is 0 Å². The number of nitrogens with zero attached hydrogens (tertiary/aromatic N) is 2. The van der Waals surface area contributed by atoms with Crippen LogP contribution in [-0.2, 0) is 22.4 Å². The summed E-state index contributed by atoms with van der Waals surface area (Å²) in [6, 6.07) is 2.39. The lowest BCUT2D eigenvalue weighted by Gasteiger charge is -2.39. The molecule has 2 atom stereocenters. The number of rotatable bonds is 6. The van der Waals surface area contributed by atoms with Gasteiger partial charge in [-0.2, -0.15) is 5.26 Å². The minimum absolute atomic E-state index is 0.0616.